The van der Waals surface area contributed by atoms with Crippen LogP contribution in [0.25, 0.3) is 0 Å². The van der Waals surface area contributed by atoms with Gasteiger partial charge in [0.2, 0.25) is 0 Å². The summed E-state index contributed by atoms with van der Waals surface area (Å²) in [5, 5.41) is 11.3. The van der Waals surface area contributed by atoms with Crippen molar-refractivity contribution in [2.24, 2.45) is 5.73 Å². The summed E-state index contributed by atoms with van der Waals surface area (Å²) in [4.78, 5) is 17.0. The van der Waals surface area contributed by atoms with E-state index in [9.17, 15) is 4.79 Å². The molecule has 0 aliphatic carbocycles. The Morgan fingerprint density at radius 2 is 2.26 bits per heavy atom. The normalized spacial score (nSPS) is 12.2. The van der Waals surface area contributed by atoms with E-state index in [0.717, 1.165) is 16.4 Å². The van der Waals surface area contributed by atoms with Gasteiger partial charge in [-0.15, -0.1) is 11.3 Å². The molecule has 6 heteroatoms. The summed E-state index contributed by atoms with van der Waals surface area (Å²) in [5.41, 5.74) is 8.08. The van der Waals surface area contributed by atoms with Gasteiger partial charge < -0.3 is 15.7 Å². The lowest BCUT2D eigenvalue weighted by Gasteiger charge is -2.16. The van der Waals surface area contributed by atoms with Gasteiger partial charge in [0.05, 0.1) is 5.69 Å². The van der Waals surface area contributed by atoms with Gasteiger partial charge in [-0.05, 0) is 24.6 Å². The van der Waals surface area contributed by atoms with Crippen molar-refractivity contribution in [2.75, 3.05) is 11.9 Å². The summed E-state index contributed by atoms with van der Waals surface area (Å²) >= 11 is 1.38. The van der Waals surface area contributed by atoms with Crippen molar-refractivity contribution in [3.05, 3.63) is 40.9 Å². The van der Waals surface area contributed by atoms with Crippen LogP contribution in [0.1, 0.15) is 17.3 Å². The molecular weight excluding hydrogens is 262 g/mol. The number of carboxylic acids is 1. The standard InChI is InChI=1S/C13H15N3O2S/c1-8-4-3-5-9(6-8)16(2)13-15-10(7-19-13)11(14)12(17)18/h3-7,11H,14H2,1-2H3,(H,17,18). The van der Waals surface area contributed by atoms with Crippen molar-refractivity contribution in [1.29, 1.82) is 0 Å². The van der Waals surface area contributed by atoms with Gasteiger partial charge in [-0.2, -0.15) is 0 Å². The van der Waals surface area contributed by atoms with E-state index in [1.54, 1.807) is 5.38 Å². The molecule has 3 N–H and O–H groups in total. The zero-order chi connectivity index (χ0) is 14.0. The van der Waals surface area contributed by atoms with Gasteiger partial charge >= 0.3 is 5.97 Å². The van der Waals surface area contributed by atoms with Gasteiger partial charge in [-0.25, -0.2) is 4.98 Å². The van der Waals surface area contributed by atoms with Crippen LogP contribution in [0.15, 0.2) is 29.6 Å². The summed E-state index contributed by atoms with van der Waals surface area (Å²) in [6, 6.07) is 6.93. The number of anilines is 2. The number of benzene rings is 1. The van der Waals surface area contributed by atoms with Gasteiger partial charge in [-0.1, -0.05) is 12.1 Å². The molecule has 1 unspecified atom stereocenters. The predicted octanol–water partition coefficient (Wildman–Crippen LogP) is 2.30. The Morgan fingerprint density at radius 3 is 2.89 bits per heavy atom. The topological polar surface area (TPSA) is 79.5 Å². The molecule has 0 spiro atoms. The summed E-state index contributed by atoms with van der Waals surface area (Å²) in [7, 11) is 1.89. The third-order valence-electron chi connectivity index (χ3n) is 2.77. The molecule has 19 heavy (non-hydrogen) atoms. The molecule has 0 saturated heterocycles. The van der Waals surface area contributed by atoms with Crippen LogP contribution in [-0.2, 0) is 4.79 Å². The average Bonchev–Trinajstić information content (AvgIpc) is 2.86. The molecule has 0 saturated carbocycles. The monoisotopic (exact) mass is 277 g/mol. The lowest BCUT2D eigenvalue weighted by Crippen LogP contribution is -2.21. The van der Waals surface area contributed by atoms with Gasteiger partial charge in [0.15, 0.2) is 5.13 Å². The van der Waals surface area contributed by atoms with Crippen molar-refractivity contribution in [3.63, 3.8) is 0 Å². The Balaban J connectivity index is 2.25. The fourth-order valence-corrected chi connectivity index (χ4v) is 2.49. The fraction of sp³-hybridized carbons (Fsp3) is 0.231. The molecule has 0 aliphatic rings. The quantitative estimate of drug-likeness (QED) is 0.896. The number of hydrogen-bond donors (Lipinski definition) is 2. The molecule has 0 radical (unpaired) electrons. The second-order valence-electron chi connectivity index (χ2n) is 4.27. The highest BCUT2D eigenvalue weighted by atomic mass is 32.1. The third-order valence-corrected chi connectivity index (χ3v) is 3.71. The number of aliphatic carboxylic acids is 1. The first-order valence-corrected chi connectivity index (χ1v) is 6.61. The smallest absolute Gasteiger partial charge is 0.326 e. The van der Waals surface area contributed by atoms with Crippen LogP contribution in [0.2, 0.25) is 0 Å². The summed E-state index contributed by atoms with van der Waals surface area (Å²) < 4.78 is 0. The van der Waals surface area contributed by atoms with E-state index < -0.39 is 12.0 Å². The molecule has 1 aromatic carbocycles. The number of aryl methyl sites for hydroxylation is 1. The van der Waals surface area contributed by atoms with Crippen LogP contribution in [0.3, 0.4) is 0 Å². The van der Waals surface area contributed by atoms with Crippen LogP contribution in [0, 0.1) is 6.92 Å². The summed E-state index contributed by atoms with van der Waals surface area (Å²) in [5.74, 6) is -1.07. The molecule has 1 aromatic heterocycles. The molecule has 0 amide bonds. The lowest BCUT2D eigenvalue weighted by molar-refractivity contribution is -0.138. The number of aromatic nitrogens is 1. The molecule has 5 nitrogen and oxygen atoms in total. The molecule has 0 fully saturated rings. The van der Waals surface area contributed by atoms with Crippen molar-refractivity contribution in [2.45, 2.75) is 13.0 Å². The largest absolute Gasteiger partial charge is 0.480 e. The van der Waals surface area contributed by atoms with E-state index in [1.807, 2.05) is 43.1 Å². The highest BCUT2D eigenvalue weighted by Gasteiger charge is 2.19. The van der Waals surface area contributed by atoms with Crippen molar-refractivity contribution < 1.29 is 9.90 Å². The van der Waals surface area contributed by atoms with Gasteiger partial charge in [0, 0.05) is 18.1 Å². The highest BCUT2D eigenvalue weighted by molar-refractivity contribution is 7.13. The molecule has 0 aliphatic heterocycles. The van der Waals surface area contributed by atoms with Gasteiger partial charge in [-0.3, -0.25) is 4.79 Å². The Kier molecular flexibility index (Phi) is 3.82. The predicted molar refractivity (Wildman–Crippen MR) is 75.9 cm³/mol. The maximum atomic E-state index is 10.8. The number of carbonyl (C=O) groups is 1. The Hall–Kier alpha value is -1.92. The Morgan fingerprint density at radius 1 is 1.53 bits per heavy atom. The lowest BCUT2D eigenvalue weighted by atomic mass is 10.2. The molecule has 100 valence electrons. The van der Waals surface area contributed by atoms with Gasteiger partial charge in [0.1, 0.15) is 6.04 Å². The van der Waals surface area contributed by atoms with Crippen molar-refractivity contribution in [3.8, 4) is 0 Å². The number of nitrogens with two attached hydrogens (primary N) is 1. The minimum atomic E-state index is -1.07. The van der Waals surface area contributed by atoms with E-state index in [2.05, 4.69) is 4.98 Å². The minimum Gasteiger partial charge on any atom is -0.480 e. The summed E-state index contributed by atoms with van der Waals surface area (Å²) in [6.07, 6.45) is 0. The Bertz CT molecular complexity index is 597. The van der Waals surface area contributed by atoms with E-state index in [0.29, 0.717) is 5.69 Å². The van der Waals surface area contributed by atoms with Crippen LogP contribution in [0.5, 0.6) is 0 Å². The molecule has 0 bridgehead atoms. The van der Waals surface area contributed by atoms with E-state index in [-0.39, 0.29) is 0 Å². The highest BCUT2D eigenvalue weighted by Crippen LogP contribution is 2.28. The Labute approximate surface area is 115 Å². The first-order chi connectivity index (χ1) is 8.99. The molecule has 1 atom stereocenters. The van der Waals surface area contributed by atoms with E-state index >= 15 is 0 Å². The first-order valence-electron chi connectivity index (χ1n) is 5.73. The molecule has 1 heterocycles. The molecule has 2 rings (SSSR count). The van der Waals surface area contributed by atoms with E-state index in [4.69, 9.17) is 10.8 Å². The van der Waals surface area contributed by atoms with Crippen molar-refractivity contribution >= 4 is 28.1 Å². The van der Waals surface area contributed by atoms with Crippen LogP contribution in [-0.4, -0.2) is 23.1 Å². The summed E-state index contributed by atoms with van der Waals surface area (Å²) in [6.45, 7) is 2.02. The van der Waals surface area contributed by atoms with Gasteiger partial charge in [0.25, 0.3) is 0 Å². The zero-order valence-corrected chi connectivity index (χ0v) is 11.5. The van der Waals surface area contributed by atoms with Crippen LogP contribution < -0.4 is 10.6 Å². The third kappa shape index (κ3) is 2.91. The number of nitrogens with zero attached hydrogens (tertiary/aromatic N) is 2. The van der Waals surface area contributed by atoms with Crippen molar-refractivity contribution in [1.82, 2.24) is 4.98 Å². The first kappa shape index (κ1) is 13.5. The van der Waals surface area contributed by atoms with Crippen LogP contribution in [0.4, 0.5) is 10.8 Å². The molecular formula is C13H15N3O2S. The number of rotatable bonds is 4. The average molecular weight is 277 g/mol. The molecule has 2 aromatic rings. The second-order valence-corrected chi connectivity index (χ2v) is 5.11. The van der Waals surface area contributed by atoms with Crippen LogP contribution >= 0.6 is 11.3 Å². The second kappa shape index (κ2) is 5.38. The maximum Gasteiger partial charge on any atom is 0.326 e. The number of hydrogen-bond acceptors (Lipinski definition) is 5. The fourth-order valence-electron chi connectivity index (χ4n) is 1.65. The number of carboxylic acid groups (broad SMARTS) is 1. The van der Waals surface area contributed by atoms with E-state index in [1.165, 1.54) is 11.3 Å². The maximum absolute atomic E-state index is 10.8. The SMILES string of the molecule is Cc1cccc(N(C)c2nc(C(N)C(=O)O)cs2)c1. The minimum absolute atomic E-state index is 0.381. The number of thiazole rings is 1. The zero-order valence-electron chi connectivity index (χ0n) is 10.7.